The Morgan fingerprint density at radius 2 is 1.95 bits per heavy atom. The highest BCUT2D eigenvalue weighted by Crippen LogP contribution is 2.25. The number of pyridine rings is 1. The fourth-order valence-electron chi connectivity index (χ4n) is 1.94. The number of thioether (sulfide) groups is 1. The van der Waals surface area contributed by atoms with Gasteiger partial charge in [-0.15, -0.1) is 11.8 Å². The molecule has 0 aliphatic heterocycles. The maximum absolute atomic E-state index is 9.28. The van der Waals surface area contributed by atoms with Crippen LogP contribution in [-0.4, -0.2) is 10.7 Å². The molecule has 0 fully saturated rings. The first-order valence-electron chi connectivity index (χ1n) is 6.21. The van der Waals surface area contributed by atoms with Gasteiger partial charge in [0.15, 0.2) is 0 Å². The molecule has 0 radical (unpaired) electrons. The second-order valence-electron chi connectivity index (χ2n) is 4.53. The summed E-state index contributed by atoms with van der Waals surface area (Å²) in [6, 6.07) is 16.4. The lowest BCUT2D eigenvalue weighted by atomic mass is 10.0. The molecule has 0 amide bonds. The third-order valence-electron chi connectivity index (χ3n) is 2.83. The molecule has 2 rings (SSSR count). The summed E-state index contributed by atoms with van der Waals surface area (Å²) in [5, 5.41) is 10.3. The van der Waals surface area contributed by atoms with Gasteiger partial charge in [0.05, 0.1) is 17.0 Å². The lowest BCUT2D eigenvalue weighted by molar-refractivity contribution is 0.984. The third-order valence-corrected chi connectivity index (χ3v) is 3.83. The van der Waals surface area contributed by atoms with Gasteiger partial charge in [-0.2, -0.15) is 5.26 Å². The topological polar surface area (TPSA) is 36.7 Å². The van der Waals surface area contributed by atoms with Crippen molar-refractivity contribution in [3.63, 3.8) is 0 Å². The number of benzene rings is 1. The first kappa shape index (κ1) is 13.6. The summed E-state index contributed by atoms with van der Waals surface area (Å²) >= 11 is 1.64. The predicted molar refractivity (Wildman–Crippen MR) is 79.2 cm³/mol. The van der Waals surface area contributed by atoms with Crippen molar-refractivity contribution in [1.29, 1.82) is 5.26 Å². The number of aryl methyl sites for hydroxylation is 2. The van der Waals surface area contributed by atoms with Crippen molar-refractivity contribution in [2.75, 3.05) is 5.75 Å². The van der Waals surface area contributed by atoms with Gasteiger partial charge in [0.25, 0.3) is 0 Å². The SMILES string of the molecule is Cc1cc(C)nc(SCC(C#N)c2ccccc2)c1. The summed E-state index contributed by atoms with van der Waals surface area (Å²) < 4.78 is 0. The molecule has 0 aliphatic rings. The van der Waals surface area contributed by atoms with E-state index >= 15 is 0 Å². The fourth-order valence-corrected chi connectivity index (χ4v) is 3.02. The molecule has 19 heavy (non-hydrogen) atoms. The van der Waals surface area contributed by atoms with E-state index in [1.807, 2.05) is 37.3 Å². The van der Waals surface area contributed by atoms with Crippen molar-refractivity contribution >= 4 is 11.8 Å². The van der Waals surface area contributed by atoms with Gasteiger partial charge in [-0.3, -0.25) is 0 Å². The molecule has 2 aromatic rings. The summed E-state index contributed by atoms with van der Waals surface area (Å²) in [7, 11) is 0. The van der Waals surface area contributed by atoms with Gasteiger partial charge in [-0.05, 0) is 37.1 Å². The van der Waals surface area contributed by atoms with Crippen LogP contribution in [-0.2, 0) is 0 Å². The van der Waals surface area contributed by atoms with Crippen LogP contribution in [0.2, 0.25) is 0 Å². The van der Waals surface area contributed by atoms with Gasteiger partial charge < -0.3 is 0 Å². The maximum atomic E-state index is 9.28. The molecule has 0 aliphatic carbocycles. The lowest BCUT2D eigenvalue weighted by Gasteiger charge is -2.09. The molecule has 1 aromatic heterocycles. The van der Waals surface area contributed by atoms with Crippen LogP contribution < -0.4 is 0 Å². The number of nitriles is 1. The molecule has 3 heteroatoms. The van der Waals surface area contributed by atoms with E-state index in [0.29, 0.717) is 0 Å². The summed E-state index contributed by atoms with van der Waals surface area (Å²) in [5.74, 6) is 0.643. The first-order chi connectivity index (χ1) is 9.19. The monoisotopic (exact) mass is 268 g/mol. The van der Waals surface area contributed by atoms with E-state index in [9.17, 15) is 5.26 Å². The van der Waals surface area contributed by atoms with E-state index in [1.54, 1.807) is 11.8 Å². The molecular formula is C16H16N2S. The van der Waals surface area contributed by atoms with E-state index in [-0.39, 0.29) is 5.92 Å². The van der Waals surface area contributed by atoms with Gasteiger partial charge >= 0.3 is 0 Å². The average Bonchev–Trinajstić information content (AvgIpc) is 2.39. The molecule has 1 unspecified atom stereocenters. The zero-order chi connectivity index (χ0) is 13.7. The molecule has 1 heterocycles. The number of nitrogens with zero attached hydrogens (tertiary/aromatic N) is 2. The second-order valence-corrected chi connectivity index (χ2v) is 5.57. The molecule has 2 nitrogen and oxygen atoms in total. The molecule has 1 atom stereocenters. The van der Waals surface area contributed by atoms with Crippen LogP contribution in [0.4, 0.5) is 0 Å². The van der Waals surface area contributed by atoms with E-state index in [4.69, 9.17) is 0 Å². The molecule has 0 bridgehead atoms. The fraction of sp³-hybridized carbons (Fsp3) is 0.250. The average molecular weight is 268 g/mol. The Hall–Kier alpha value is -1.79. The molecule has 0 N–H and O–H groups in total. The van der Waals surface area contributed by atoms with Crippen LogP contribution in [0.1, 0.15) is 22.7 Å². The van der Waals surface area contributed by atoms with Gasteiger partial charge in [-0.1, -0.05) is 30.3 Å². The minimum absolute atomic E-state index is 0.0891. The van der Waals surface area contributed by atoms with Gasteiger partial charge in [0.1, 0.15) is 0 Å². The third kappa shape index (κ3) is 3.84. The predicted octanol–water partition coefficient (Wildman–Crippen LogP) is 4.10. The smallest absolute Gasteiger partial charge is 0.0966 e. The highest BCUT2D eigenvalue weighted by Gasteiger charge is 2.11. The summed E-state index contributed by atoms with van der Waals surface area (Å²) in [6.07, 6.45) is 0. The second kappa shape index (κ2) is 6.40. The molecular weight excluding hydrogens is 252 g/mol. The Balaban J connectivity index is 2.07. The highest BCUT2D eigenvalue weighted by atomic mass is 32.2. The Labute approximate surface area is 118 Å². The van der Waals surface area contributed by atoms with Crippen LogP contribution in [0.15, 0.2) is 47.5 Å². The van der Waals surface area contributed by atoms with E-state index in [2.05, 4.69) is 30.1 Å². The summed E-state index contributed by atoms with van der Waals surface area (Å²) in [5.41, 5.74) is 3.31. The zero-order valence-electron chi connectivity index (χ0n) is 11.1. The standard InChI is InChI=1S/C16H16N2S/c1-12-8-13(2)18-16(9-12)19-11-15(10-17)14-6-4-3-5-7-14/h3-9,15H,11H2,1-2H3. The van der Waals surface area contributed by atoms with Crippen LogP contribution in [0.25, 0.3) is 0 Å². The molecule has 96 valence electrons. The molecule has 0 saturated carbocycles. The molecule has 1 aromatic carbocycles. The minimum atomic E-state index is -0.0891. The maximum Gasteiger partial charge on any atom is 0.0966 e. The van der Waals surface area contributed by atoms with Crippen molar-refractivity contribution in [2.24, 2.45) is 0 Å². The molecule has 0 saturated heterocycles. The van der Waals surface area contributed by atoms with E-state index in [1.165, 1.54) is 5.56 Å². The van der Waals surface area contributed by atoms with Crippen molar-refractivity contribution < 1.29 is 0 Å². The quantitative estimate of drug-likeness (QED) is 0.783. The number of rotatable bonds is 4. The first-order valence-corrected chi connectivity index (χ1v) is 7.20. The number of hydrogen-bond donors (Lipinski definition) is 0. The largest absolute Gasteiger partial charge is 0.247 e. The van der Waals surface area contributed by atoms with Crippen LogP contribution in [0.5, 0.6) is 0 Å². The van der Waals surface area contributed by atoms with Gasteiger partial charge in [-0.25, -0.2) is 4.98 Å². The minimum Gasteiger partial charge on any atom is -0.247 e. The van der Waals surface area contributed by atoms with Crippen molar-refractivity contribution in [1.82, 2.24) is 4.98 Å². The Morgan fingerprint density at radius 3 is 2.58 bits per heavy atom. The number of aromatic nitrogens is 1. The van der Waals surface area contributed by atoms with Gasteiger partial charge in [0.2, 0.25) is 0 Å². The summed E-state index contributed by atoms with van der Waals surface area (Å²) in [4.78, 5) is 4.49. The van der Waals surface area contributed by atoms with E-state index < -0.39 is 0 Å². The van der Waals surface area contributed by atoms with Crippen LogP contribution >= 0.6 is 11.8 Å². The highest BCUT2D eigenvalue weighted by molar-refractivity contribution is 7.99. The van der Waals surface area contributed by atoms with Crippen molar-refractivity contribution in [3.8, 4) is 6.07 Å². The zero-order valence-corrected chi connectivity index (χ0v) is 11.9. The Morgan fingerprint density at radius 1 is 1.21 bits per heavy atom. The number of hydrogen-bond acceptors (Lipinski definition) is 3. The Kier molecular flexibility index (Phi) is 4.59. The summed E-state index contributed by atoms with van der Waals surface area (Å²) in [6.45, 7) is 4.06. The molecule has 0 spiro atoms. The van der Waals surface area contributed by atoms with Crippen LogP contribution in [0.3, 0.4) is 0 Å². The van der Waals surface area contributed by atoms with Crippen LogP contribution in [0, 0.1) is 25.2 Å². The lowest BCUT2D eigenvalue weighted by Crippen LogP contribution is -1.99. The Bertz CT molecular complexity index is 567. The van der Waals surface area contributed by atoms with Crippen molar-refractivity contribution in [2.45, 2.75) is 24.8 Å². The van der Waals surface area contributed by atoms with E-state index in [0.717, 1.165) is 22.0 Å². The van der Waals surface area contributed by atoms with Gasteiger partial charge in [0, 0.05) is 11.4 Å². The normalized spacial score (nSPS) is 11.8. The van der Waals surface area contributed by atoms with Crippen molar-refractivity contribution in [3.05, 3.63) is 59.3 Å².